The summed E-state index contributed by atoms with van der Waals surface area (Å²) in [6.07, 6.45) is 0. The molecule has 1 aliphatic rings. The van der Waals surface area contributed by atoms with Crippen molar-refractivity contribution in [3.63, 3.8) is 0 Å². The van der Waals surface area contributed by atoms with Crippen LogP contribution >= 0.6 is 11.3 Å². The number of aryl methyl sites for hydroxylation is 2. The van der Waals surface area contributed by atoms with Crippen molar-refractivity contribution in [2.45, 2.75) is 13.8 Å². The van der Waals surface area contributed by atoms with Gasteiger partial charge in [0.1, 0.15) is 5.84 Å². The number of thiophene rings is 1. The maximum Gasteiger partial charge on any atom is 0.172 e. The first-order valence-electron chi connectivity index (χ1n) is 7.85. The molecular formula is C20H17N3S. The van der Waals surface area contributed by atoms with Crippen LogP contribution in [0.2, 0.25) is 0 Å². The number of rotatable bonds is 2. The summed E-state index contributed by atoms with van der Waals surface area (Å²) in [5.74, 6) is 1.57. The van der Waals surface area contributed by atoms with E-state index in [1.165, 1.54) is 11.1 Å². The number of amidine groups is 2. The Hall–Kier alpha value is -2.72. The zero-order valence-electron chi connectivity index (χ0n) is 13.6. The highest BCUT2D eigenvalue weighted by molar-refractivity contribution is 7.12. The van der Waals surface area contributed by atoms with Crippen LogP contribution in [0.5, 0.6) is 0 Å². The third-order valence-corrected chi connectivity index (χ3v) is 4.78. The summed E-state index contributed by atoms with van der Waals surface area (Å²) in [4.78, 5) is 10.7. The average Bonchev–Trinajstić information content (AvgIpc) is 3.04. The van der Waals surface area contributed by atoms with E-state index < -0.39 is 0 Å². The minimum Gasteiger partial charge on any atom is -0.338 e. The molecule has 2 aromatic carbocycles. The van der Waals surface area contributed by atoms with Crippen LogP contribution in [0, 0.1) is 13.8 Å². The lowest BCUT2D eigenvalue weighted by Gasteiger charge is -2.10. The van der Waals surface area contributed by atoms with E-state index in [1.807, 2.05) is 17.5 Å². The van der Waals surface area contributed by atoms with E-state index >= 15 is 0 Å². The van der Waals surface area contributed by atoms with Crippen molar-refractivity contribution in [1.82, 2.24) is 0 Å². The fourth-order valence-corrected chi connectivity index (χ4v) is 3.27. The summed E-state index contributed by atoms with van der Waals surface area (Å²) in [6.45, 7) is 4.17. The van der Waals surface area contributed by atoms with Crippen molar-refractivity contribution >= 4 is 34.4 Å². The normalized spacial score (nSPS) is 13.4. The van der Waals surface area contributed by atoms with Gasteiger partial charge in [-0.2, -0.15) is 0 Å². The molecule has 1 N–H and O–H groups in total. The second kappa shape index (κ2) is 6.06. The fraction of sp³-hybridized carbons (Fsp3) is 0.100. The maximum atomic E-state index is 4.83. The van der Waals surface area contributed by atoms with Gasteiger partial charge < -0.3 is 5.32 Å². The Bertz CT molecular complexity index is 936. The van der Waals surface area contributed by atoms with E-state index in [4.69, 9.17) is 9.98 Å². The predicted molar refractivity (Wildman–Crippen MR) is 103 cm³/mol. The Balaban J connectivity index is 1.88. The molecule has 24 heavy (non-hydrogen) atoms. The van der Waals surface area contributed by atoms with E-state index in [1.54, 1.807) is 11.3 Å². The molecule has 3 nitrogen and oxygen atoms in total. The standard InChI is InChI=1S/C20H17N3S/c1-13-5-8-15(9-6-13)19-22-17-12-14(2)7-10-16(17)21-20(23-19)18-4-3-11-24-18/h3-12H,1-2H3,(H,21,22,23). The molecule has 0 bridgehead atoms. The van der Waals surface area contributed by atoms with Gasteiger partial charge in [-0.1, -0.05) is 42.0 Å². The lowest BCUT2D eigenvalue weighted by molar-refractivity contribution is 1.43. The molecule has 0 spiro atoms. The summed E-state index contributed by atoms with van der Waals surface area (Å²) in [5.41, 5.74) is 5.38. The van der Waals surface area contributed by atoms with Crippen LogP contribution in [0.3, 0.4) is 0 Å². The van der Waals surface area contributed by atoms with Crippen LogP contribution in [-0.2, 0) is 0 Å². The van der Waals surface area contributed by atoms with E-state index in [0.717, 1.165) is 33.5 Å². The van der Waals surface area contributed by atoms with Crippen LogP contribution in [-0.4, -0.2) is 11.7 Å². The monoisotopic (exact) mass is 331 g/mol. The molecule has 0 saturated carbocycles. The Morgan fingerprint density at radius 2 is 1.67 bits per heavy atom. The van der Waals surface area contributed by atoms with E-state index in [-0.39, 0.29) is 0 Å². The van der Waals surface area contributed by atoms with Crippen LogP contribution in [0.15, 0.2) is 70.0 Å². The molecule has 1 aliphatic heterocycles. The van der Waals surface area contributed by atoms with Gasteiger partial charge in [-0.15, -0.1) is 11.3 Å². The molecule has 0 unspecified atom stereocenters. The number of fused-ring (bicyclic) bond motifs is 1. The second-order valence-corrected chi connectivity index (χ2v) is 6.83. The summed E-state index contributed by atoms with van der Waals surface area (Å²) in [7, 11) is 0. The van der Waals surface area contributed by atoms with Gasteiger partial charge in [0.25, 0.3) is 0 Å². The van der Waals surface area contributed by atoms with Gasteiger partial charge in [0.05, 0.1) is 16.3 Å². The predicted octanol–water partition coefficient (Wildman–Crippen LogP) is 5.32. The first-order valence-corrected chi connectivity index (χ1v) is 8.73. The Kier molecular flexibility index (Phi) is 3.75. The summed E-state index contributed by atoms with van der Waals surface area (Å²) in [5, 5.41) is 5.52. The molecule has 118 valence electrons. The van der Waals surface area contributed by atoms with Crippen molar-refractivity contribution in [2.75, 3.05) is 5.32 Å². The molecule has 0 radical (unpaired) electrons. The zero-order valence-corrected chi connectivity index (χ0v) is 14.4. The van der Waals surface area contributed by atoms with Crippen molar-refractivity contribution in [3.8, 4) is 0 Å². The highest BCUT2D eigenvalue weighted by Crippen LogP contribution is 2.30. The Morgan fingerprint density at radius 3 is 2.42 bits per heavy atom. The molecule has 0 atom stereocenters. The van der Waals surface area contributed by atoms with E-state index in [9.17, 15) is 0 Å². The number of anilines is 1. The molecule has 3 aromatic rings. The van der Waals surface area contributed by atoms with Crippen LogP contribution in [0.25, 0.3) is 0 Å². The van der Waals surface area contributed by atoms with E-state index in [0.29, 0.717) is 0 Å². The van der Waals surface area contributed by atoms with E-state index in [2.05, 4.69) is 61.6 Å². The summed E-state index contributed by atoms with van der Waals surface area (Å²) in [6, 6.07) is 18.7. The van der Waals surface area contributed by atoms with Gasteiger partial charge in [-0.25, -0.2) is 9.98 Å². The van der Waals surface area contributed by atoms with Gasteiger partial charge in [0.2, 0.25) is 0 Å². The van der Waals surface area contributed by atoms with Gasteiger partial charge in [0.15, 0.2) is 5.84 Å². The van der Waals surface area contributed by atoms with Crippen LogP contribution < -0.4 is 5.32 Å². The zero-order chi connectivity index (χ0) is 16.5. The average molecular weight is 331 g/mol. The van der Waals surface area contributed by atoms with Gasteiger partial charge in [-0.05, 0) is 43.0 Å². The lowest BCUT2D eigenvalue weighted by atomic mass is 10.1. The largest absolute Gasteiger partial charge is 0.338 e. The van der Waals surface area contributed by atoms with Gasteiger partial charge >= 0.3 is 0 Å². The lowest BCUT2D eigenvalue weighted by Crippen LogP contribution is -2.14. The highest BCUT2D eigenvalue weighted by Gasteiger charge is 2.15. The number of benzene rings is 2. The molecule has 4 rings (SSSR count). The first-order chi connectivity index (χ1) is 11.7. The molecule has 4 heteroatoms. The van der Waals surface area contributed by atoms with Crippen molar-refractivity contribution in [1.29, 1.82) is 0 Å². The minimum absolute atomic E-state index is 0.746. The topological polar surface area (TPSA) is 36.8 Å². The first kappa shape index (κ1) is 14.8. The molecule has 1 aromatic heterocycles. The second-order valence-electron chi connectivity index (χ2n) is 5.88. The molecule has 0 amide bonds. The SMILES string of the molecule is Cc1ccc(C2=NC(c3cccs3)=Nc3ccc(C)cc3N2)cc1. The summed E-state index contributed by atoms with van der Waals surface area (Å²) >= 11 is 1.65. The quantitative estimate of drug-likeness (QED) is 0.678. The summed E-state index contributed by atoms with van der Waals surface area (Å²) < 4.78 is 0. The fourth-order valence-electron chi connectivity index (χ4n) is 2.61. The molecule has 2 heterocycles. The molecule has 0 fully saturated rings. The highest BCUT2D eigenvalue weighted by atomic mass is 32.1. The Labute approximate surface area is 145 Å². The smallest absolute Gasteiger partial charge is 0.172 e. The number of hydrogen-bond acceptors (Lipinski definition) is 4. The van der Waals surface area contributed by atoms with Crippen molar-refractivity contribution in [3.05, 3.63) is 81.5 Å². The van der Waals surface area contributed by atoms with Gasteiger partial charge in [0, 0.05) is 5.56 Å². The molecule has 0 aliphatic carbocycles. The minimum atomic E-state index is 0.746. The van der Waals surface area contributed by atoms with Crippen LogP contribution in [0.1, 0.15) is 21.6 Å². The van der Waals surface area contributed by atoms with Crippen molar-refractivity contribution in [2.24, 2.45) is 9.98 Å². The number of aliphatic imine (C=N–C) groups is 2. The number of nitrogens with one attached hydrogen (secondary N) is 1. The molecule has 0 saturated heterocycles. The van der Waals surface area contributed by atoms with Crippen LogP contribution in [0.4, 0.5) is 11.4 Å². The number of hydrogen-bond donors (Lipinski definition) is 1. The maximum absolute atomic E-state index is 4.83. The third-order valence-electron chi connectivity index (χ3n) is 3.92. The third kappa shape index (κ3) is 2.88. The number of nitrogens with zero attached hydrogens (tertiary/aromatic N) is 2. The van der Waals surface area contributed by atoms with Crippen molar-refractivity contribution < 1.29 is 0 Å². The van der Waals surface area contributed by atoms with Gasteiger partial charge in [-0.3, -0.25) is 0 Å². The molecular weight excluding hydrogens is 314 g/mol. The Morgan fingerprint density at radius 1 is 0.875 bits per heavy atom.